The van der Waals surface area contributed by atoms with Crippen molar-refractivity contribution in [1.82, 2.24) is 0 Å². The second kappa shape index (κ2) is 7.06. The first-order valence-electron chi connectivity index (χ1n) is 4.15. The molecule has 4 nitrogen and oxygen atoms in total. The summed E-state index contributed by atoms with van der Waals surface area (Å²) in [7, 11) is 0. The Kier molecular flexibility index (Phi) is 6.36. The Balaban J connectivity index is 0.000000292. The number of carbonyl (C=O) groups is 1. The first kappa shape index (κ1) is 12.6. The maximum absolute atomic E-state index is 10.2. The summed E-state index contributed by atoms with van der Waals surface area (Å²) in [5.41, 5.74) is 0.331. The van der Waals surface area contributed by atoms with Crippen molar-refractivity contribution in [3.63, 3.8) is 0 Å². The quantitative estimate of drug-likeness (QED) is 0.655. The highest BCUT2D eigenvalue weighted by atomic mass is 16.4. The summed E-state index contributed by atoms with van der Waals surface area (Å²) in [6.45, 7) is 1.39. The van der Waals surface area contributed by atoms with Crippen LogP contribution in [0, 0.1) is 0 Å². The van der Waals surface area contributed by atoms with Crippen molar-refractivity contribution in [2.75, 3.05) is 6.61 Å². The summed E-state index contributed by atoms with van der Waals surface area (Å²) in [5, 5.41) is 24.4. The van der Waals surface area contributed by atoms with E-state index in [-0.39, 0.29) is 6.61 Å². The van der Waals surface area contributed by atoms with Crippen LogP contribution in [0.2, 0.25) is 0 Å². The maximum Gasteiger partial charge on any atom is 0.335 e. The van der Waals surface area contributed by atoms with Gasteiger partial charge in [0.25, 0.3) is 0 Å². The number of hydrogen-bond donors (Lipinski definition) is 3. The minimum Gasteiger partial charge on any atom is -0.478 e. The molecule has 0 spiro atoms. The van der Waals surface area contributed by atoms with E-state index in [0.29, 0.717) is 5.56 Å². The fraction of sp³-hybridized carbons (Fsp3) is 0.300. The molecular formula is C10H14O4. The Morgan fingerprint density at radius 2 is 1.79 bits per heavy atom. The van der Waals surface area contributed by atoms with Crippen molar-refractivity contribution >= 4 is 5.97 Å². The molecule has 4 heteroatoms. The molecule has 0 radical (unpaired) electrons. The van der Waals surface area contributed by atoms with E-state index >= 15 is 0 Å². The molecule has 0 bridgehead atoms. The van der Waals surface area contributed by atoms with Gasteiger partial charge >= 0.3 is 5.97 Å². The van der Waals surface area contributed by atoms with Crippen molar-refractivity contribution in [2.24, 2.45) is 0 Å². The highest BCUT2D eigenvalue weighted by Crippen LogP contribution is 1.96. The summed E-state index contributed by atoms with van der Waals surface area (Å²) in [5.74, 6) is -0.879. The lowest BCUT2D eigenvalue weighted by molar-refractivity contribution is 0.0697. The van der Waals surface area contributed by atoms with Crippen LogP contribution < -0.4 is 0 Å². The number of carboxylic acids is 1. The SMILES string of the molecule is CC(O)CO.O=C(O)c1ccccc1. The first-order valence-corrected chi connectivity index (χ1v) is 4.15. The van der Waals surface area contributed by atoms with Crippen LogP contribution in [0.3, 0.4) is 0 Å². The van der Waals surface area contributed by atoms with Crippen LogP contribution in [-0.2, 0) is 0 Å². The smallest absolute Gasteiger partial charge is 0.335 e. The van der Waals surface area contributed by atoms with E-state index < -0.39 is 12.1 Å². The Labute approximate surface area is 82.4 Å². The minimum atomic E-state index is -0.879. The van der Waals surface area contributed by atoms with E-state index in [1.165, 1.54) is 6.92 Å². The summed E-state index contributed by atoms with van der Waals surface area (Å²) < 4.78 is 0. The lowest BCUT2D eigenvalue weighted by Crippen LogP contribution is -2.03. The van der Waals surface area contributed by atoms with E-state index in [1.807, 2.05) is 0 Å². The first-order chi connectivity index (χ1) is 6.57. The van der Waals surface area contributed by atoms with Crippen LogP contribution in [0.5, 0.6) is 0 Å². The Morgan fingerprint density at radius 1 is 1.36 bits per heavy atom. The fourth-order valence-corrected chi connectivity index (χ4v) is 0.581. The number of aliphatic hydroxyl groups excluding tert-OH is 2. The molecule has 0 saturated carbocycles. The van der Waals surface area contributed by atoms with Gasteiger partial charge in [0.2, 0.25) is 0 Å². The second-order valence-electron chi connectivity index (χ2n) is 2.70. The van der Waals surface area contributed by atoms with Gasteiger partial charge in [0, 0.05) is 0 Å². The number of rotatable bonds is 2. The van der Waals surface area contributed by atoms with Crippen LogP contribution in [0.15, 0.2) is 30.3 Å². The summed E-state index contributed by atoms with van der Waals surface area (Å²) in [4.78, 5) is 10.2. The lowest BCUT2D eigenvalue weighted by atomic mass is 10.2. The van der Waals surface area contributed by atoms with Crippen molar-refractivity contribution in [3.8, 4) is 0 Å². The molecule has 0 aliphatic carbocycles. The molecule has 0 amide bonds. The van der Waals surface area contributed by atoms with Gasteiger partial charge in [-0.2, -0.15) is 0 Å². The zero-order valence-electron chi connectivity index (χ0n) is 7.92. The average Bonchev–Trinajstić information content (AvgIpc) is 2.20. The van der Waals surface area contributed by atoms with Crippen molar-refractivity contribution < 1.29 is 20.1 Å². The zero-order valence-corrected chi connectivity index (χ0v) is 7.92. The van der Waals surface area contributed by atoms with Crippen molar-refractivity contribution in [3.05, 3.63) is 35.9 Å². The molecule has 0 aliphatic heterocycles. The number of aromatic carboxylic acids is 1. The topological polar surface area (TPSA) is 77.8 Å². The van der Waals surface area contributed by atoms with Crippen LogP contribution in [-0.4, -0.2) is 34.0 Å². The van der Waals surface area contributed by atoms with Gasteiger partial charge in [0.05, 0.1) is 18.3 Å². The third-order valence-electron chi connectivity index (χ3n) is 1.28. The Morgan fingerprint density at radius 3 is 2.00 bits per heavy atom. The Bertz CT molecular complexity index is 256. The molecule has 1 rings (SSSR count). The van der Waals surface area contributed by atoms with Gasteiger partial charge in [-0.15, -0.1) is 0 Å². The van der Waals surface area contributed by atoms with Crippen LogP contribution in [0.1, 0.15) is 17.3 Å². The van der Waals surface area contributed by atoms with Gasteiger partial charge in [-0.05, 0) is 19.1 Å². The third-order valence-corrected chi connectivity index (χ3v) is 1.28. The largest absolute Gasteiger partial charge is 0.478 e. The van der Waals surface area contributed by atoms with Crippen molar-refractivity contribution in [2.45, 2.75) is 13.0 Å². The van der Waals surface area contributed by atoms with E-state index in [9.17, 15) is 4.79 Å². The number of benzene rings is 1. The normalized spacial score (nSPS) is 11.1. The summed E-state index contributed by atoms with van der Waals surface area (Å²) in [6.07, 6.45) is -0.560. The molecule has 14 heavy (non-hydrogen) atoms. The van der Waals surface area contributed by atoms with Crippen LogP contribution in [0.25, 0.3) is 0 Å². The molecule has 1 aromatic rings. The predicted octanol–water partition coefficient (Wildman–Crippen LogP) is 0.744. The van der Waals surface area contributed by atoms with Gasteiger partial charge in [-0.3, -0.25) is 0 Å². The van der Waals surface area contributed by atoms with E-state index in [0.717, 1.165) is 0 Å². The predicted molar refractivity (Wildman–Crippen MR) is 52.2 cm³/mol. The van der Waals surface area contributed by atoms with Gasteiger partial charge < -0.3 is 15.3 Å². The number of hydrogen-bond acceptors (Lipinski definition) is 3. The summed E-state index contributed by atoms with van der Waals surface area (Å²) in [6, 6.07) is 8.30. The monoisotopic (exact) mass is 198 g/mol. The lowest BCUT2D eigenvalue weighted by Gasteiger charge is -1.90. The number of aliphatic hydroxyl groups is 2. The van der Waals surface area contributed by atoms with Crippen LogP contribution in [0.4, 0.5) is 0 Å². The van der Waals surface area contributed by atoms with E-state index in [2.05, 4.69) is 0 Å². The minimum absolute atomic E-state index is 0.139. The highest BCUT2D eigenvalue weighted by molar-refractivity contribution is 5.87. The summed E-state index contributed by atoms with van der Waals surface area (Å²) >= 11 is 0. The molecule has 3 N–H and O–H groups in total. The third kappa shape index (κ3) is 6.16. The van der Waals surface area contributed by atoms with Gasteiger partial charge in [0.15, 0.2) is 0 Å². The Hall–Kier alpha value is -1.39. The standard InChI is InChI=1S/C7H6O2.C3H8O2/c8-7(9)6-4-2-1-3-5-6;1-3(5)2-4/h1-5H,(H,8,9);3-5H,2H2,1H3. The zero-order chi connectivity index (χ0) is 11.0. The molecule has 1 unspecified atom stereocenters. The maximum atomic E-state index is 10.2. The van der Waals surface area contributed by atoms with Crippen LogP contribution >= 0.6 is 0 Å². The highest BCUT2D eigenvalue weighted by Gasteiger charge is 1.96. The average molecular weight is 198 g/mol. The number of carboxylic acid groups (broad SMARTS) is 1. The molecule has 0 heterocycles. The van der Waals surface area contributed by atoms with E-state index in [1.54, 1.807) is 30.3 Å². The molecule has 0 aliphatic rings. The van der Waals surface area contributed by atoms with E-state index in [4.69, 9.17) is 15.3 Å². The molecular weight excluding hydrogens is 184 g/mol. The van der Waals surface area contributed by atoms with Gasteiger partial charge in [0.1, 0.15) is 0 Å². The van der Waals surface area contributed by atoms with Gasteiger partial charge in [-0.25, -0.2) is 4.79 Å². The molecule has 1 atom stereocenters. The molecule has 1 aromatic carbocycles. The molecule has 0 fully saturated rings. The fourth-order valence-electron chi connectivity index (χ4n) is 0.581. The van der Waals surface area contributed by atoms with Crippen molar-refractivity contribution in [1.29, 1.82) is 0 Å². The molecule has 78 valence electrons. The second-order valence-corrected chi connectivity index (χ2v) is 2.70. The molecule has 0 saturated heterocycles. The van der Waals surface area contributed by atoms with Gasteiger partial charge in [-0.1, -0.05) is 18.2 Å². The molecule has 0 aromatic heterocycles.